The van der Waals surface area contributed by atoms with Gasteiger partial charge in [0, 0.05) is 23.4 Å². The predicted octanol–water partition coefficient (Wildman–Crippen LogP) is 3.42. The molecule has 7 nitrogen and oxygen atoms in total. The maximum atomic E-state index is 12.1. The molecule has 3 rings (SSSR count). The summed E-state index contributed by atoms with van der Waals surface area (Å²) in [6, 6.07) is 11.0. The van der Waals surface area contributed by atoms with Crippen LogP contribution in [0.2, 0.25) is 0 Å². The summed E-state index contributed by atoms with van der Waals surface area (Å²) in [5.41, 5.74) is 3.23. The van der Waals surface area contributed by atoms with Crippen LogP contribution in [-0.2, 0) is 11.2 Å². The van der Waals surface area contributed by atoms with Gasteiger partial charge in [-0.25, -0.2) is 4.98 Å². The Morgan fingerprint density at radius 2 is 2.04 bits per heavy atom. The van der Waals surface area contributed by atoms with Gasteiger partial charge >= 0.3 is 0 Å². The molecule has 1 amide bonds. The van der Waals surface area contributed by atoms with E-state index < -0.39 is 0 Å². The van der Waals surface area contributed by atoms with Crippen LogP contribution in [0.5, 0.6) is 0 Å². The van der Waals surface area contributed by atoms with Crippen molar-refractivity contribution in [1.29, 1.82) is 0 Å². The van der Waals surface area contributed by atoms with Crippen LogP contribution >= 0.6 is 11.8 Å². The Morgan fingerprint density at radius 3 is 2.78 bits per heavy atom. The summed E-state index contributed by atoms with van der Waals surface area (Å²) < 4.78 is 5.18. The van der Waals surface area contributed by atoms with Crippen molar-refractivity contribution in [3.05, 3.63) is 58.0 Å². The number of hydrogen-bond acceptors (Lipinski definition) is 6. The number of anilines is 1. The highest BCUT2D eigenvalue weighted by Crippen LogP contribution is 2.22. The van der Waals surface area contributed by atoms with Gasteiger partial charge < -0.3 is 9.51 Å². The van der Waals surface area contributed by atoms with E-state index in [1.165, 1.54) is 17.8 Å². The molecule has 2 aromatic heterocycles. The third-order valence-electron chi connectivity index (χ3n) is 3.74. The lowest BCUT2D eigenvalue weighted by molar-refractivity contribution is -0.113. The summed E-state index contributed by atoms with van der Waals surface area (Å²) in [6.07, 6.45) is 1.62. The molecule has 2 heterocycles. The summed E-state index contributed by atoms with van der Waals surface area (Å²) in [6.45, 7) is 4.03. The van der Waals surface area contributed by atoms with Crippen molar-refractivity contribution in [2.24, 2.45) is 0 Å². The molecule has 8 heteroatoms. The average Bonchev–Trinajstić information content (AvgIpc) is 3.09. The monoisotopic (exact) mass is 384 g/mol. The van der Waals surface area contributed by atoms with Gasteiger partial charge in [-0.1, -0.05) is 60.1 Å². The third-order valence-corrected chi connectivity index (χ3v) is 4.61. The third kappa shape index (κ3) is 5.30. The van der Waals surface area contributed by atoms with Crippen LogP contribution in [0.3, 0.4) is 0 Å². The zero-order valence-electron chi connectivity index (χ0n) is 15.1. The highest BCUT2D eigenvalue weighted by atomic mass is 32.2. The Hall–Kier alpha value is -2.87. The van der Waals surface area contributed by atoms with Gasteiger partial charge in [-0.2, -0.15) is 0 Å². The Balaban J connectivity index is 1.58. The molecule has 0 aliphatic carbocycles. The van der Waals surface area contributed by atoms with E-state index in [1.807, 2.05) is 38.1 Å². The molecule has 0 fully saturated rings. The zero-order valence-corrected chi connectivity index (χ0v) is 15.9. The van der Waals surface area contributed by atoms with Crippen LogP contribution in [0.25, 0.3) is 11.3 Å². The van der Waals surface area contributed by atoms with Crippen molar-refractivity contribution in [3.8, 4) is 11.3 Å². The van der Waals surface area contributed by atoms with Crippen molar-refractivity contribution < 1.29 is 9.32 Å². The number of benzene rings is 1. The minimum Gasteiger partial charge on any atom is -0.338 e. The fourth-order valence-electron chi connectivity index (χ4n) is 2.44. The van der Waals surface area contributed by atoms with Crippen LogP contribution in [0, 0.1) is 6.92 Å². The average molecular weight is 384 g/mol. The number of thioether (sulfide) groups is 1. The molecule has 0 saturated carbocycles. The number of aryl methyl sites for hydroxylation is 2. The van der Waals surface area contributed by atoms with E-state index in [-0.39, 0.29) is 23.1 Å². The number of aromatic nitrogens is 3. The van der Waals surface area contributed by atoms with Gasteiger partial charge in [-0.05, 0) is 13.3 Å². The van der Waals surface area contributed by atoms with Crippen LogP contribution in [-0.4, -0.2) is 26.8 Å². The SMILES string of the molecule is CCCc1cc(=O)[nH]c(SCC(=O)Nc2cc(-c3ccc(C)cc3)no2)n1. The lowest BCUT2D eigenvalue weighted by Crippen LogP contribution is -2.15. The zero-order chi connectivity index (χ0) is 19.2. The quantitative estimate of drug-likeness (QED) is 0.478. The molecule has 0 aliphatic heterocycles. The standard InChI is InChI=1S/C19H20N4O3S/c1-3-4-14-9-16(24)22-19(20-14)27-11-17(25)21-18-10-15(23-26-18)13-7-5-12(2)6-8-13/h5-10H,3-4,11H2,1-2H3,(H,21,25)(H,20,22,24). The van der Waals surface area contributed by atoms with Crippen LogP contribution in [0.15, 0.2) is 50.9 Å². The van der Waals surface area contributed by atoms with Gasteiger partial charge in [0.15, 0.2) is 5.16 Å². The molecule has 0 spiro atoms. The van der Waals surface area contributed by atoms with E-state index in [0.717, 1.165) is 29.7 Å². The van der Waals surface area contributed by atoms with Crippen molar-refractivity contribution >= 4 is 23.6 Å². The topological polar surface area (TPSA) is 101 Å². The summed E-state index contributed by atoms with van der Waals surface area (Å²) in [5.74, 6) is 0.103. The molecule has 0 radical (unpaired) electrons. The first-order valence-electron chi connectivity index (χ1n) is 8.60. The van der Waals surface area contributed by atoms with Crippen LogP contribution < -0.4 is 10.9 Å². The fourth-order valence-corrected chi connectivity index (χ4v) is 3.13. The number of carbonyl (C=O) groups is 1. The minimum absolute atomic E-state index is 0.0963. The lowest BCUT2D eigenvalue weighted by atomic mass is 10.1. The second-order valence-electron chi connectivity index (χ2n) is 6.07. The molecule has 1 aromatic carbocycles. The van der Waals surface area contributed by atoms with Crippen molar-refractivity contribution in [3.63, 3.8) is 0 Å². The minimum atomic E-state index is -0.268. The summed E-state index contributed by atoms with van der Waals surface area (Å²) >= 11 is 1.17. The second-order valence-corrected chi connectivity index (χ2v) is 7.04. The highest BCUT2D eigenvalue weighted by Gasteiger charge is 2.11. The van der Waals surface area contributed by atoms with Gasteiger partial charge in [-0.15, -0.1) is 0 Å². The molecule has 0 bridgehead atoms. The molecule has 0 atom stereocenters. The van der Waals surface area contributed by atoms with Crippen molar-refractivity contribution in [2.45, 2.75) is 31.8 Å². The number of carbonyl (C=O) groups excluding carboxylic acids is 1. The van der Waals surface area contributed by atoms with E-state index in [1.54, 1.807) is 6.07 Å². The van der Waals surface area contributed by atoms with Crippen molar-refractivity contribution in [2.75, 3.05) is 11.1 Å². The van der Waals surface area contributed by atoms with Gasteiger partial charge in [0.1, 0.15) is 5.69 Å². The van der Waals surface area contributed by atoms with E-state index >= 15 is 0 Å². The fraction of sp³-hybridized carbons (Fsp3) is 0.263. The maximum Gasteiger partial charge on any atom is 0.251 e. The highest BCUT2D eigenvalue weighted by molar-refractivity contribution is 7.99. The maximum absolute atomic E-state index is 12.1. The molecule has 27 heavy (non-hydrogen) atoms. The van der Waals surface area contributed by atoms with E-state index in [9.17, 15) is 9.59 Å². The van der Waals surface area contributed by atoms with Gasteiger partial charge in [-0.3, -0.25) is 14.9 Å². The molecule has 0 saturated heterocycles. The normalized spacial score (nSPS) is 10.7. The largest absolute Gasteiger partial charge is 0.338 e. The molecule has 140 valence electrons. The summed E-state index contributed by atoms with van der Waals surface area (Å²) in [5, 5.41) is 7.06. The first-order chi connectivity index (χ1) is 13.0. The number of nitrogens with one attached hydrogen (secondary N) is 2. The Morgan fingerprint density at radius 1 is 1.26 bits per heavy atom. The molecular weight excluding hydrogens is 364 g/mol. The molecule has 3 aromatic rings. The molecule has 0 unspecified atom stereocenters. The number of rotatable bonds is 7. The first-order valence-corrected chi connectivity index (χ1v) is 9.58. The van der Waals surface area contributed by atoms with E-state index in [2.05, 4.69) is 20.4 Å². The number of aromatic amines is 1. The molecular formula is C19H20N4O3S. The van der Waals surface area contributed by atoms with Crippen LogP contribution in [0.4, 0.5) is 5.88 Å². The Kier molecular flexibility index (Phi) is 6.08. The second kappa shape index (κ2) is 8.68. The van der Waals surface area contributed by atoms with Gasteiger partial charge in [0.05, 0.1) is 5.75 Å². The number of hydrogen-bond donors (Lipinski definition) is 2. The Bertz CT molecular complexity index is 979. The summed E-state index contributed by atoms with van der Waals surface area (Å²) in [4.78, 5) is 30.8. The Labute approximate surface area is 160 Å². The molecule has 2 N–H and O–H groups in total. The van der Waals surface area contributed by atoms with Gasteiger partial charge in [0.2, 0.25) is 11.8 Å². The van der Waals surface area contributed by atoms with Crippen LogP contribution in [0.1, 0.15) is 24.6 Å². The van der Waals surface area contributed by atoms with Gasteiger partial charge in [0.25, 0.3) is 5.56 Å². The number of H-pyrrole nitrogens is 1. The lowest BCUT2D eigenvalue weighted by Gasteiger charge is -2.03. The molecule has 0 aliphatic rings. The van der Waals surface area contributed by atoms with E-state index in [0.29, 0.717) is 10.9 Å². The summed E-state index contributed by atoms with van der Waals surface area (Å²) in [7, 11) is 0. The first kappa shape index (κ1) is 18.9. The number of nitrogens with zero attached hydrogens (tertiary/aromatic N) is 2. The number of amides is 1. The van der Waals surface area contributed by atoms with Crippen molar-refractivity contribution in [1.82, 2.24) is 15.1 Å². The smallest absolute Gasteiger partial charge is 0.251 e. The predicted molar refractivity (Wildman–Crippen MR) is 105 cm³/mol. The van der Waals surface area contributed by atoms with E-state index in [4.69, 9.17) is 4.52 Å².